The monoisotopic (exact) mass is 410 g/mol. The first-order valence-electron chi connectivity index (χ1n) is 10.5. The van der Waals surface area contributed by atoms with Gasteiger partial charge in [-0.05, 0) is 42.9 Å². The number of hydrogen-bond acceptors (Lipinski definition) is 1. The van der Waals surface area contributed by atoms with Crippen LogP contribution < -0.4 is 10.4 Å². The second-order valence-corrected chi connectivity index (χ2v) is 20.6. The highest BCUT2D eigenvalue weighted by Gasteiger charge is 2.39. The van der Waals surface area contributed by atoms with Crippen molar-refractivity contribution in [1.29, 1.82) is 0 Å². The molecule has 3 heteroatoms. The molecule has 0 atom stereocenters. The molecular weight excluding hydrogens is 372 g/mol. The minimum absolute atomic E-state index is 0.331. The number of carbonyl (C=O) groups excluding carboxylic acids is 1. The van der Waals surface area contributed by atoms with E-state index in [4.69, 9.17) is 0 Å². The van der Waals surface area contributed by atoms with E-state index in [2.05, 4.69) is 77.6 Å². The van der Waals surface area contributed by atoms with E-state index in [-0.39, 0.29) is 5.41 Å². The quantitative estimate of drug-likeness (QED) is 0.400. The molecule has 1 aliphatic rings. The third-order valence-electron chi connectivity index (χ3n) is 6.05. The Labute approximate surface area is 174 Å². The molecule has 2 rings (SSSR count). The van der Waals surface area contributed by atoms with Crippen LogP contribution in [0.25, 0.3) is 5.57 Å². The maximum atomic E-state index is 12.8. The normalized spacial score (nSPS) is 17.2. The molecule has 0 bridgehead atoms. The van der Waals surface area contributed by atoms with Crippen LogP contribution in [0.15, 0.2) is 43.5 Å². The number of carbonyl (C=O) groups is 1. The molecule has 1 aromatic carbocycles. The van der Waals surface area contributed by atoms with Crippen LogP contribution in [0.4, 0.5) is 0 Å². The van der Waals surface area contributed by atoms with E-state index in [1.165, 1.54) is 16.7 Å². The van der Waals surface area contributed by atoms with E-state index in [1.54, 1.807) is 10.4 Å². The van der Waals surface area contributed by atoms with E-state index >= 15 is 0 Å². The number of hydrogen-bond donors (Lipinski definition) is 0. The first-order valence-corrected chi connectivity index (χ1v) is 17.5. The fraction of sp³-hybridized carbons (Fsp3) is 0.480. The molecule has 0 unspecified atom stereocenters. The summed E-state index contributed by atoms with van der Waals surface area (Å²) in [5.74, 6) is 0.331. The van der Waals surface area contributed by atoms with Crippen molar-refractivity contribution in [1.82, 2.24) is 0 Å². The van der Waals surface area contributed by atoms with Gasteiger partial charge in [0, 0.05) is 11.8 Å². The summed E-state index contributed by atoms with van der Waals surface area (Å²) in [6, 6.07) is 4.96. The topological polar surface area (TPSA) is 17.1 Å². The second-order valence-electron chi connectivity index (χ2n) is 10.5. The van der Waals surface area contributed by atoms with Gasteiger partial charge < -0.3 is 0 Å². The van der Waals surface area contributed by atoms with Crippen molar-refractivity contribution in [2.24, 2.45) is 5.41 Å². The van der Waals surface area contributed by atoms with Crippen LogP contribution in [0.1, 0.15) is 36.8 Å². The van der Waals surface area contributed by atoms with E-state index < -0.39 is 16.1 Å². The summed E-state index contributed by atoms with van der Waals surface area (Å²) in [5.41, 5.74) is 3.68. The predicted molar refractivity (Wildman–Crippen MR) is 131 cm³/mol. The Kier molecular flexibility index (Phi) is 6.62. The number of aryl methyl sites for hydroxylation is 1. The standard InChI is InChI=1S/C25H38OSi2/c1-10-14-25(15-11-2)18-20(12-13-24(25)26)21-17-23(28(7,8)9)22(16-19(21)3)27(4,5)6/h10-12,16-17H,1-2,13-15,18H2,3-9H3. The molecule has 0 fully saturated rings. The summed E-state index contributed by atoms with van der Waals surface area (Å²) in [4.78, 5) is 12.8. The van der Waals surface area contributed by atoms with Crippen LogP contribution in [0.2, 0.25) is 39.3 Å². The Morgan fingerprint density at radius 2 is 1.46 bits per heavy atom. The molecule has 0 aliphatic heterocycles. The molecule has 28 heavy (non-hydrogen) atoms. The third kappa shape index (κ3) is 4.57. The maximum Gasteiger partial charge on any atom is 0.143 e. The molecular formula is C25H38OSi2. The van der Waals surface area contributed by atoms with Crippen molar-refractivity contribution < 1.29 is 4.79 Å². The van der Waals surface area contributed by atoms with Gasteiger partial charge in [-0.15, -0.1) is 13.2 Å². The van der Waals surface area contributed by atoms with E-state index in [9.17, 15) is 4.79 Å². The average molecular weight is 411 g/mol. The smallest absolute Gasteiger partial charge is 0.143 e. The van der Waals surface area contributed by atoms with E-state index in [0.29, 0.717) is 12.2 Å². The van der Waals surface area contributed by atoms with Crippen molar-refractivity contribution in [3.63, 3.8) is 0 Å². The Hall–Kier alpha value is -1.46. The van der Waals surface area contributed by atoms with Gasteiger partial charge in [0.2, 0.25) is 0 Å². The zero-order chi connectivity index (χ0) is 21.3. The minimum Gasteiger partial charge on any atom is -0.299 e. The van der Waals surface area contributed by atoms with Gasteiger partial charge in [-0.2, -0.15) is 0 Å². The van der Waals surface area contributed by atoms with Gasteiger partial charge in [-0.25, -0.2) is 0 Å². The zero-order valence-electron chi connectivity index (χ0n) is 19.0. The molecule has 1 aromatic rings. The van der Waals surface area contributed by atoms with Gasteiger partial charge in [0.05, 0.1) is 16.1 Å². The fourth-order valence-corrected chi connectivity index (χ4v) is 9.71. The highest BCUT2D eigenvalue weighted by atomic mass is 28.3. The molecule has 152 valence electrons. The molecule has 1 nitrogen and oxygen atoms in total. The van der Waals surface area contributed by atoms with Crippen molar-refractivity contribution in [3.8, 4) is 0 Å². The van der Waals surface area contributed by atoms with E-state index in [1.807, 2.05) is 12.2 Å². The first kappa shape index (κ1) is 22.8. The zero-order valence-corrected chi connectivity index (χ0v) is 21.0. The van der Waals surface area contributed by atoms with Gasteiger partial charge in [-0.3, -0.25) is 4.79 Å². The van der Waals surface area contributed by atoms with Gasteiger partial charge in [0.25, 0.3) is 0 Å². The summed E-state index contributed by atoms with van der Waals surface area (Å²) in [5, 5.41) is 3.21. The summed E-state index contributed by atoms with van der Waals surface area (Å²) in [7, 11) is -2.90. The lowest BCUT2D eigenvalue weighted by atomic mass is 9.67. The fourth-order valence-electron chi connectivity index (χ4n) is 4.48. The Bertz CT molecular complexity index is 806. The summed E-state index contributed by atoms with van der Waals surface area (Å²) >= 11 is 0. The highest BCUT2D eigenvalue weighted by molar-refractivity contribution is 6.98. The van der Waals surface area contributed by atoms with Crippen LogP contribution in [0.3, 0.4) is 0 Å². The summed E-state index contributed by atoms with van der Waals surface area (Å²) in [6.07, 6.45) is 8.75. The Morgan fingerprint density at radius 1 is 0.964 bits per heavy atom. The van der Waals surface area contributed by atoms with Crippen LogP contribution in [0, 0.1) is 12.3 Å². The van der Waals surface area contributed by atoms with E-state index in [0.717, 1.165) is 19.3 Å². The predicted octanol–water partition coefficient (Wildman–Crippen LogP) is 5.97. The number of rotatable bonds is 7. The van der Waals surface area contributed by atoms with Crippen LogP contribution >= 0.6 is 0 Å². The largest absolute Gasteiger partial charge is 0.299 e. The molecule has 0 heterocycles. The second kappa shape index (κ2) is 8.12. The van der Waals surface area contributed by atoms with Gasteiger partial charge in [0.15, 0.2) is 0 Å². The lowest BCUT2D eigenvalue weighted by molar-refractivity contribution is -0.127. The molecule has 0 spiro atoms. The number of benzene rings is 1. The molecule has 0 saturated carbocycles. The lowest BCUT2D eigenvalue weighted by Gasteiger charge is -2.36. The molecule has 0 amide bonds. The van der Waals surface area contributed by atoms with Crippen LogP contribution in [0.5, 0.6) is 0 Å². The van der Waals surface area contributed by atoms with Gasteiger partial charge in [0.1, 0.15) is 5.78 Å². The van der Waals surface area contributed by atoms with Crippen molar-refractivity contribution in [2.75, 3.05) is 0 Å². The van der Waals surface area contributed by atoms with Gasteiger partial charge >= 0.3 is 0 Å². The third-order valence-corrected chi connectivity index (χ3v) is 10.4. The maximum absolute atomic E-state index is 12.8. The Morgan fingerprint density at radius 3 is 1.93 bits per heavy atom. The Balaban J connectivity index is 2.63. The minimum atomic E-state index is -1.48. The summed E-state index contributed by atoms with van der Waals surface area (Å²) in [6.45, 7) is 24.8. The van der Waals surface area contributed by atoms with Gasteiger partial charge in [-0.1, -0.05) is 80.0 Å². The van der Waals surface area contributed by atoms with Crippen LogP contribution in [-0.4, -0.2) is 21.9 Å². The number of ketones is 1. The number of allylic oxidation sites excluding steroid dienone is 4. The van der Waals surface area contributed by atoms with Crippen molar-refractivity contribution >= 4 is 37.9 Å². The molecule has 0 aromatic heterocycles. The molecule has 1 aliphatic carbocycles. The first-order chi connectivity index (χ1) is 12.9. The van der Waals surface area contributed by atoms with Crippen LogP contribution in [-0.2, 0) is 4.79 Å². The molecule has 0 N–H and O–H groups in total. The van der Waals surface area contributed by atoms with Crippen molar-refractivity contribution in [3.05, 3.63) is 54.6 Å². The molecule has 0 radical (unpaired) electrons. The lowest BCUT2D eigenvalue weighted by Crippen LogP contribution is -2.56. The summed E-state index contributed by atoms with van der Waals surface area (Å²) < 4.78 is 0. The number of Topliss-reactive ketones (excluding diaryl/α,β-unsaturated/α-hetero) is 1. The molecule has 0 saturated heterocycles. The average Bonchev–Trinajstić information content (AvgIpc) is 2.56. The SMILES string of the molecule is C=CCC1(CC=C)CC(c2cc([Si](C)(C)C)c([Si](C)(C)C)cc2C)=CCC1=O. The highest BCUT2D eigenvalue weighted by Crippen LogP contribution is 2.44. The van der Waals surface area contributed by atoms with Crippen molar-refractivity contribution in [2.45, 2.75) is 71.9 Å².